The second-order valence-corrected chi connectivity index (χ2v) is 12.1. The fourth-order valence-electron chi connectivity index (χ4n) is 6.09. The molecule has 3 aliphatic rings. The molecule has 206 valence electrons. The zero-order valence-electron chi connectivity index (χ0n) is 22.6. The lowest BCUT2D eigenvalue weighted by atomic mass is 10.0. The van der Waals surface area contributed by atoms with Gasteiger partial charge in [0.05, 0.1) is 24.6 Å². The number of carbonyl (C=O) groups is 1. The van der Waals surface area contributed by atoms with Crippen LogP contribution in [-0.2, 0) is 11.3 Å². The summed E-state index contributed by atoms with van der Waals surface area (Å²) in [6.45, 7) is 10.5. The van der Waals surface area contributed by atoms with Gasteiger partial charge in [-0.1, -0.05) is 38.1 Å². The van der Waals surface area contributed by atoms with Crippen molar-refractivity contribution >= 4 is 28.8 Å². The highest BCUT2D eigenvalue weighted by molar-refractivity contribution is 7.11. The summed E-state index contributed by atoms with van der Waals surface area (Å²) in [4.78, 5) is 19.5. The van der Waals surface area contributed by atoms with Crippen molar-refractivity contribution in [3.8, 4) is 5.06 Å². The molecule has 6 rings (SSSR count). The van der Waals surface area contributed by atoms with Crippen LogP contribution in [0.5, 0.6) is 5.06 Å². The minimum Gasteiger partial charge on any atom is -0.399 e. The first-order valence-corrected chi connectivity index (χ1v) is 14.8. The molecule has 1 amide bonds. The van der Waals surface area contributed by atoms with Crippen LogP contribution in [0.25, 0.3) is 0 Å². The van der Waals surface area contributed by atoms with Gasteiger partial charge in [0, 0.05) is 39.3 Å². The lowest BCUT2D eigenvalue weighted by molar-refractivity contribution is 0.122. The first kappa shape index (κ1) is 26.3. The summed E-state index contributed by atoms with van der Waals surface area (Å²) in [5.74, 6) is 1.71. The van der Waals surface area contributed by atoms with Crippen LogP contribution in [0.4, 0.5) is 20.6 Å². The lowest BCUT2D eigenvalue weighted by Crippen LogP contribution is -2.38. The molecule has 0 radical (unpaired) electrons. The van der Waals surface area contributed by atoms with Crippen molar-refractivity contribution in [1.82, 2.24) is 4.90 Å². The molecular formula is C31H36FN3O3S. The average molecular weight is 550 g/mol. The molecule has 2 aromatic carbocycles. The zero-order chi connectivity index (χ0) is 26.9. The smallest absolute Gasteiger partial charge is 0.399 e. The number of benzene rings is 2. The van der Waals surface area contributed by atoms with Gasteiger partial charge in [0.15, 0.2) is 5.06 Å². The Bertz CT molecular complexity index is 1260. The highest BCUT2D eigenvalue weighted by atomic mass is 32.1. The second kappa shape index (κ2) is 11.3. The van der Waals surface area contributed by atoms with Gasteiger partial charge in [0.1, 0.15) is 5.82 Å². The van der Waals surface area contributed by atoms with Crippen LogP contribution in [0.15, 0.2) is 60.0 Å². The fourth-order valence-corrected chi connectivity index (χ4v) is 6.65. The van der Waals surface area contributed by atoms with Crippen LogP contribution in [0.2, 0.25) is 0 Å². The van der Waals surface area contributed by atoms with Crippen molar-refractivity contribution in [2.75, 3.05) is 55.7 Å². The predicted molar refractivity (Wildman–Crippen MR) is 153 cm³/mol. The maximum atomic E-state index is 15.3. The number of fused-ring (bicyclic) bond motifs is 1. The van der Waals surface area contributed by atoms with Gasteiger partial charge < -0.3 is 14.4 Å². The normalized spacial score (nSPS) is 22.7. The topological polar surface area (TPSA) is 45.2 Å². The molecule has 2 atom stereocenters. The predicted octanol–water partition coefficient (Wildman–Crippen LogP) is 6.23. The monoisotopic (exact) mass is 549 g/mol. The van der Waals surface area contributed by atoms with E-state index in [9.17, 15) is 4.79 Å². The van der Waals surface area contributed by atoms with Crippen molar-refractivity contribution in [1.29, 1.82) is 0 Å². The molecule has 1 aromatic heterocycles. The third kappa shape index (κ3) is 5.83. The summed E-state index contributed by atoms with van der Waals surface area (Å²) in [6, 6.07) is 17.7. The molecule has 2 saturated heterocycles. The summed E-state index contributed by atoms with van der Waals surface area (Å²) in [5.41, 5.74) is 3.80. The lowest BCUT2D eigenvalue weighted by Gasteiger charge is -2.30. The molecule has 1 saturated carbocycles. The van der Waals surface area contributed by atoms with Crippen LogP contribution in [0, 0.1) is 23.6 Å². The summed E-state index contributed by atoms with van der Waals surface area (Å²) in [7, 11) is 0. The van der Waals surface area contributed by atoms with Gasteiger partial charge in [-0.2, -0.15) is 0 Å². The molecule has 0 N–H and O–H groups in total. The number of morpholine rings is 1. The van der Waals surface area contributed by atoms with E-state index in [0.717, 1.165) is 19.6 Å². The highest BCUT2D eigenvalue weighted by Crippen LogP contribution is 2.52. The maximum absolute atomic E-state index is 15.3. The second-order valence-electron chi connectivity index (χ2n) is 11.2. The molecular weight excluding hydrogens is 513 g/mol. The number of hydrogen-bond donors (Lipinski definition) is 0. The van der Waals surface area contributed by atoms with Crippen LogP contribution in [0.3, 0.4) is 0 Å². The van der Waals surface area contributed by atoms with E-state index >= 15 is 4.39 Å². The molecule has 2 unspecified atom stereocenters. The Balaban J connectivity index is 1.12. The molecule has 3 heterocycles. The Kier molecular flexibility index (Phi) is 7.60. The minimum atomic E-state index is -0.456. The van der Waals surface area contributed by atoms with E-state index in [4.69, 9.17) is 9.47 Å². The largest absolute Gasteiger partial charge is 0.420 e. The number of rotatable bonds is 8. The van der Waals surface area contributed by atoms with Crippen LogP contribution in [-0.4, -0.2) is 56.9 Å². The summed E-state index contributed by atoms with van der Waals surface area (Å²) in [5, 5.41) is 2.42. The third-order valence-electron chi connectivity index (χ3n) is 8.39. The number of amides is 1. The zero-order valence-corrected chi connectivity index (χ0v) is 23.4. The number of hydrogen-bond acceptors (Lipinski definition) is 6. The maximum Gasteiger partial charge on any atom is 0.420 e. The Morgan fingerprint density at radius 2 is 1.85 bits per heavy atom. The Morgan fingerprint density at radius 3 is 2.49 bits per heavy atom. The number of likely N-dealkylation sites (tertiary alicyclic amines) is 1. The van der Waals surface area contributed by atoms with E-state index in [1.54, 1.807) is 17.0 Å². The standard InChI is InChI=1S/C31H36FN3O3S/c1-21(2)23-7-5-22(6-8-23)17-33-18-25-26(19-33)27(25)20-35(31(36)38-30-4-3-15-39-30)24-9-10-29(28(32)16-24)34-11-13-37-14-12-34/h3-10,15-16,21,25-27H,11-14,17-20H2,1-2H3. The van der Waals surface area contributed by atoms with E-state index in [1.807, 2.05) is 22.4 Å². The van der Waals surface area contributed by atoms with E-state index < -0.39 is 6.09 Å². The van der Waals surface area contributed by atoms with Gasteiger partial charge in [-0.3, -0.25) is 9.80 Å². The Hall–Kier alpha value is -2.94. The van der Waals surface area contributed by atoms with Gasteiger partial charge in [-0.25, -0.2) is 9.18 Å². The molecule has 1 aliphatic carbocycles. The van der Waals surface area contributed by atoms with E-state index in [1.165, 1.54) is 28.5 Å². The summed E-state index contributed by atoms with van der Waals surface area (Å²) in [6.07, 6.45) is -0.456. The Morgan fingerprint density at radius 1 is 1.10 bits per heavy atom. The van der Waals surface area contributed by atoms with Gasteiger partial charge in [0.25, 0.3) is 0 Å². The van der Waals surface area contributed by atoms with E-state index in [0.29, 0.717) is 73.0 Å². The van der Waals surface area contributed by atoms with Crippen LogP contribution < -0.4 is 14.5 Å². The average Bonchev–Trinajstić information content (AvgIpc) is 3.28. The van der Waals surface area contributed by atoms with Crippen LogP contribution in [0.1, 0.15) is 30.9 Å². The first-order valence-electron chi connectivity index (χ1n) is 13.9. The number of thiophene rings is 1. The molecule has 8 heteroatoms. The SMILES string of the molecule is CC(C)c1ccc(CN2CC3C(C2)C3CN(C(=O)Oc2cccs2)c2ccc(N3CCOCC3)c(F)c2)cc1. The first-order chi connectivity index (χ1) is 19.0. The number of piperidine rings is 1. The fraction of sp³-hybridized carbons (Fsp3) is 0.452. The number of anilines is 2. The Labute approximate surface area is 233 Å². The molecule has 0 spiro atoms. The van der Waals surface area contributed by atoms with Gasteiger partial charge in [0.2, 0.25) is 0 Å². The van der Waals surface area contributed by atoms with E-state index in [-0.39, 0.29) is 5.82 Å². The molecule has 0 bridgehead atoms. The van der Waals surface area contributed by atoms with Crippen molar-refractivity contribution in [2.45, 2.75) is 26.3 Å². The van der Waals surface area contributed by atoms with Crippen LogP contribution >= 0.6 is 11.3 Å². The number of ether oxygens (including phenoxy) is 2. The minimum absolute atomic E-state index is 0.325. The third-order valence-corrected chi connectivity index (χ3v) is 9.14. The van der Waals surface area contributed by atoms with Gasteiger partial charge in [-0.05, 0) is 70.5 Å². The molecule has 39 heavy (non-hydrogen) atoms. The quantitative estimate of drug-likeness (QED) is 0.333. The van der Waals surface area contributed by atoms with Crippen molar-refractivity contribution in [3.63, 3.8) is 0 Å². The van der Waals surface area contributed by atoms with Crippen molar-refractivity contribution in [3.05, 3.63) is 76.9 Å². The van der Waals surface area contributed by atoms with E-state index in [2.05, 4.69) is 43.0 Å². The molecule has 2 aliphatic heterocycles. The summed E-state index contributed by atoms with van der Waals surface area (Å²) >= 11 is 1.37. The summed E-state index contributed by atoms with van der Waals surface area (Å²) < 4.78 is 26.4. The molecule has 3 fully saturated rings. The molecule has 6 nitrogen and oxygen atoms in total. The molecule has 3 aromatic rings. The van der Waals surface area contributed by atoms with Gasteiger partial charge in [-0.15, -0.1) is 11.3 Å². The number of nitrogens with zero attached hydrogens (tertiary/aromatic N) is 3. The van der Waals surface area contributed by atoms with Crippen molar-refractivity contribution < 1.29 is 18.7 Å². The number of halogens is 1. The van der Waals surface area contributed by atoms with Gasteiger partial charge >= 0.3 is 6.09 Å². The highest BCUT2D eigenvalue weighted by Gasteiger charge is 2.56. The van der Waals surface area contributed by atoms with Crippen molar-refractivity contribution in [2.24, 2.45) is 17.8 Å². The number of carbonyl (C=O) groups excluding carboxylic acids is 1.